The van der Waals surface area contributed by atoms with Crippen molar-refractivity contribution in [2.45, 2.75) is 19.5 Å². The van der Waals surface area contributed by atoms with E-state index in [0.29, 0.717) is 33.7 Å². The summed E-state index contributed by atoms with van der Waals surface area (Å²) in [7, 11) is 0. The maximum absolute atomic E-state index is 12.8. The molecule has 0 saturated heterocycles. The van der Waals surface area contributed by atoms with Gasteiger partial charge in [0.05, 0.1) is 12.3 Å². The van der Waals surface area contributed by atoms with E-state index in [2.05, 4.69) is 9.72 Å². The van der Waals surface area contributed by atoms with E-state index in [1.54, 1.807) is 36.7 Å². The highest BCUT2D eigenvalue weighted by atomic mass is 35.5. The summed E-state index contributed by atoms with van der Waals surface area (Å²) in [6.45, 7) is 0.0306. The number of nitrogens with zero attached hydrogens (tertiary/aromatic N) is 2. The molecule has 2 aromatic carbocycles. The van der Waals surface area contributed by atoms with Crippen molar-refractivity contribution in [1.29, 1.82) is 0 Å². The van der Waals surface area contributed by atoms with E-state index in [9.17, 15) is 18.3 Å². The first-order chi connectivity index (χ1) is 14.4. The van der Waals surface area contributed by atoms with Gasteiger partial charge in [0.15, 0.2) is 0 Å². The Morgan fingerprint density at radius 2 is 1.77 bits per heavy atom. The van der Waals surface area contributed by atoms with Gasteiger partial charge in [-0.15, -0.1) is 13.2 Å². The number of benzene rings is 2. The Hall–Kier alpha value is -3.03. The second-order valence-corrected chi connectivity index (χ2v) is 7.03. The molecule has 4 aromatic rings. The number of pyridine rings is 1. The quantitative estimate of drug-likeness (QED) is 0.434. The third kappa shape index (κ3) is 3.99. The zero-order valence-corrected chi connectivity index (χ0v) is 16.3. The standard InChI is InChI=1S/C22H16ClF3N2O2/c23-18-4-2-1-3-15(18)12-28-19-6-5-16(30-22(24,25)26)11-17(19)21(20(28)13-29)14-7-9-27-10-8-14/h1-11,29H,12-13H2. The molecule has 0 bridgehead atoms. The van der Waals surface area contributed by atoms with Crippen molar-refractivity contribution in [3.05, 3.63) is 83.3 Å². The highest BCUT2D eigenvalue weighted by Crippen LogP contribution is 2.38. The van der Waals surface area contributed by atoms with Gasteiger partial charge in [-0.05, 0) is 47.5 Å². The molecule has 0 unspecified atom stereocenters. The Bertz CT molecular complexity index is 1190. The van der Waals surface area contributed by atoms with Crippen molar-refractivity contribution in [2.75, 3.05) is 0 Å². The summed E-state index contributed by atoms with van der Waals surface area (Å²) in [6.07, 6.45) is -1.63. The van der Waals surface area contributed by atoms with Crippen molar-refractivity contribution in [3.8, 4) is 16.9 Å². The summed E-state index contributed by atoms with van der Waals surface area (Å²) in [6, 6.07) is 14.9. The summed E-state index contributed by atoms with van der Waals surface area (Å²) in [5.74, 6) is -0.329. The van der Waals surface area contributed by atoms with Crippen LogP contribution in [-0.4, -0.2) is 21.0 Å². The van der Waals surface area contributed by atoms with Gasteiger partial charge in [0.2, 0.25) is 0 Å². The lowest BCUT2D eigenvalue weighted by atomic mass is 10.0. The molecule has 2 heterocycles. The minimum Gasteiger partial charge on any atom is -0.406 e. The molecule has 4 rings (SSSR count). The molecular weight excluding hydrogens is 417 g/mol. The molecule has 154 valence electrons. The SMILES string of the molecule is OCc1c(-c2ccncc2)c2cc(OC(F)(F)F)ccc2n1Cc1ccccc1Cl. The smallest absolute Gasteiger partial charge is 0.406 e. The minimum atomic E-state index is -4.80. The topological polar surface area (TPSA) is 47.3 Å². The van der Waals surface area contributed by atoms with Gasteiger partial charge in [-0.25, -0.2) is 0 Å². The molecule has 0 saturated carbocycles. The van der Waals surface area contributed by atoms with E-state index in [-0.39, 0.29) is 12.4 Å². The predicted octanol–water partition coefficient (Wildman–Crippen LogP) is 5.80. The molecular formula is C22H16ClF3N2O2. The number of alkyl halides is 3. The monoisotopic (exact) mass is 432 g/mol. The average molecular weight is 433 g/mol. The van der Waals surface area contributed by atoms with Crippen molar-refractivity contribution in [1.82, 2.24) is 9.55 Å². The largest absolute Gasteiger partial charge is 0.573 e. The van der Waals surface area contributed by atoms with Gasteiger partial charge in [-0.1, -0.05) is 29.8 Å². The zero-order valence-electron chi connectivity index (χ0n) is 15.5. The Kier molecular flexibility index (Phi) is 5.40. The van der Waals surface area contributed by atoms with Gasteiger partial charge in [-0.2, -0.15) is 0 Å². The molecule has 2 aromatic heterocycles. The van der Waals surface area contributed by atoms with E-state index >= 15 is 0 Å². The van der Waals surface area contributed by atoms with Gasteiger partial charge >= 0.3 is 6.36 Å². The van der Waals surface area contributed by atoms with Crippen LogP contribution in [0.3, 0.4) is 0 Å². The minimum absolute atomic E-state index is 0.313. The van der Waals surface area contributed by atoms with Crippen LogP contribution in [0.1, 0.15) is 11.3 Å². The number of aliphatic hydroxyl groups excluding tert-OH is 1. The van der Waals surface area contributed by atoms with Crippen molar-refractivity contribution in [2.24, 2.45) is 0 Å². The first kappa shape index (κ1) is 20.3. The van der Waals surface area contributed by atoms with Gasteiger partial charge in [0.1, 0.15) is 5.75 Å². The molecule has 8 heteroatoms. The number of rotatable bonds is 5. The highest BCUT2D eigenvalue weighted by molar-refractivity contribution is 6.31. The fraction of sp³-hybridized carbons (Fsp3) is 0.136. The van der Waals surface area contributed by atoms with Crippen LogP contribution in [0.4, 0.5) is 13.2 Å². The number of aliphatic hydroxyl groups is 1. The molecule has 1 N–H and O–H groups in total. The molecule has 0 atom stereocenters. The summed E-state index contributed by atoms with van der Waals surface area (Å²) >= 11 is 6.31. The number of ether oxygens (including phenoxy) is 1. The van der Waals surface area contributed by atoms with E-state index < -0.39 is 6.36 Å². The van der Waals surface area contributed by atoms with Crippen molar-refractivity contribution in [3.63, 3.8) is 0 Å². The van der Waals surface area contributed by atoms with Crippen LogP contribution < -0.4 is 4.74 Å². The van der Waals surface area contributed by atoms with Crippen LogP contribution in [0, 0.1) is 0 Å². The van der Waals surface area contributed by atoms with E-state index in [0.717, 1.165) is 11.1 Å². The number of aromatic nitrogens is 2. The number of hydrogen-bond donors (Lipinski definition) is 1. The van der Waals surface area contributed by atoms with Gasteiger partial charge in [-0.3, -0.25) is 4.98 Å². The van der Waals surface area contributed by atoms with Gasteiger partial charge in [0, 0.05) is 40.4 Å². The maximum atomic E-state index is 12.8. The molecule has 0 aliphatic rings. The van der Waals surface area contributed by atoms with Crippen LogP contribution in [0.2, 0.25) is 5.02 Å². The molecule has 0 spiro atoms. The van der Waals surface area contributed by atoms with Crippen LogP contribution in [0.5, 0.6) is 5.75 Å². The molecule has 0 fully saturated rings. The van der Waals surface area contributed by atoms with Crippen LogP contribution >= 0.6 is 11.6 Å². The first-order valence-electron chi connectivity index (χ1n) is 9.03. The van der Waals surface area contributed by atoms with Crippen LogP contribution in [0.25, 0.3) is 22.0 Å². The second kappa shape index (κ2) is 8.01. The number of hydrogen-bond acceptors (Lipinski definition) is 3. The average Bonchev–Trinajstić information content (AvgIpc) is 3.01. The van der Waals surface area contributed by atoms with Crippen molar-refractivity contribution < 1.29 is 23.0 Å². The molecule has 0 amide bonds. The van der Waals surface area contributed by atoms with Crippen molar-refractivity contribution >= 4 is 22.5 Å². The van der Waals surface area contributed by atoms with E-state index in [4.69, 9.17) is 11.6 Å². The second-order valence-electron chi connectivity index (χ2n) is 6.62. The fourth-order valence-corrected chi connectivity index (χ4v) is 3.76. The highest BCUT2D eigenvalue weighted by Gasteiger charge is 2.31. The Labute approximate surface area is 175 Å². The summed E-state index contributed by atoms with van der Waals surface area (Å²) in [5.41, 5.74) is 3.37. The fourth-order valence-electron chi connectivity index (χ4n) is 3.57. The lowest BCUT2D eigenvalue weighted by molar-refractivity contribution is -0.274. The maximum Gasteiger partial charge on any atom is 0.573 e. The molecule has 0 aliphatic heterocycles. The summed E-state index contributed by atoms with van der Waals surface area (Å²) < 4.78 is 44.2. The molecule has 0 radical (unpaired) electrons. The first-order valence-corrected chi connectivity index (χ1v) is 9.40. The Morgan fingerprint density at radius 3 is 2.43 bits per heavy atom. The zero-order chi connectivity index (χ0) is 21.3. The van der Waals surface area contributed by atoms with Gasteiger partial charge < -0.3 is 14.4 Å². The lowest BCUT2D eigenvalue weighted by Crippen LogP contribution is -2.17. The summed E-state index contributed by atoms with van der Waals surface area (Å²) in [5, 5.41) is 11.3. The third-order valence-electron chi connectivity index (χ3n) is 4.78. The van der Waals surface area contributed by atoms with E-state index in [1.165, 1.54) is 12.1 Å². The Balaban J connectivity index is 1.96. The Morgan fingerprint density at radius 1 is 1.03 bits per heavy atom. The number of halogens is 4. The summed E-state index contributed by atoms with van der Waals surface area (Å²) in [4.78, 5) is 4.00. The third-order valence-corrected chi connectivity index (χ3v) is 5.15. The van der Waals surface area contributed by atoms with Gasteiger partial charge in [0.25, 0.3) is 0 Å². The molecule has 30 heavy (non-hydrogen) atoms. The molecule has 0 aliphatic carbocycles. The number of fused-ring (bicyclic) bond motifs is 1. The predicted molar refractivity (Wildman–Crippen MR) is 108 cm³/mol. The van der Waals surface area contributed by atoms with Crippen LogP contribution in [-0.2, 0) is 13.2 Å². The molecule has 4 nitrogen and oxygen atoms in total. The normalized spacial score (nSPS) is 11.8. The van der Waals surface area contributed by atoms with Crippen LogP contribution in [0.15, 0.2) is 67.0 Å². The lowest BCUT2D eigenvalue weighted by Gasteiger charge is -2.12. The van der Waals surface area contributed by atoms with E-state index in [1.807, 2.05) is 22.8 Å².